The number of halogens is 1. The number of carbonyl (C=O) groups excluding carboxylic acids is 1. The van der Waals surface area contributed by atoms with Crippen LogP contribution in [-0.4, -0.2) is 19.6 Å². The van der Waals surface area contributed by atoms with Gasteiger partial charge in [0.1, 0.15) is 5.75 Å². The van der Waals surface area contributed by atoms with Gasteiger partial charge in [-0.2, -0.15) is 0 Å². The second-order valence-electron chi connectivity index (χ2n) is 6.38. The fourth-order valence-electron chi connectivity index (χ4n) is 3.17. The molecule has 0 spiro atoms. The molecule has 0 aliphatic heterocycles. The summed E-state index contributed by atoms with van der Waals surface area (Å²) in [4.78, 5) is 12.2. The minimum absolute atomic E-state index is 0.0302. The highest BCUT2D eigenvalue weighted by molar-refractivity contribution is 9.10. The summed E-state index contributed by atoms with van der Waals surface area (Å²) >= 11 is 3.49. The van der Waals surface area contributed by atoms with Crippen LogP contribution < -0.4 is 15.4 Å². The summed E-state index contributed by atoms with van der Waals surface area (Å²) in [7, 11) is 1.64. The van der Waals surface area contributed by atoms with E-state index in [1.165, 1.54) is 17.5 Å². The number of hydrogen-bond acceptors (Lipinski definition) is 3. The summed E-state index contributed by atoms with van der Waals surface area (Å²) < 4.78 is 6.15. The molecule has 2 aromatic carbocycles. The van der Waals surface area contributed by atoms with Crippen LogP contribution in [0.4, 0.5) is 5.69 Å². The Bertz CT molecular complexity index is 776. The predicted molar refractivity (Wildman–Crippen MR) is 104 cm³/mol. The Labute approximate surface area is 157 Å². The summed E-state index contributed by atoms with van der Waals surface area (Å²) in [6.07, 6.45) is 3.48. The molecule has 132 valence electrons. The fraction of sp³-hybridized carbons (Fsp3) is 0.350. The summed E-state index contributed by atoms with van der Waals surface area (Å²) in [5, 5.41) is 6.24. The third kappa shape index (κ3) is 4.41. The SMILES string of the molecule is COc1ccc([C@@H](C)NCC(=O)Nc2ccc3c(c2)CCC3)cc1Br. The summed E-state index contributed by atoms with van der Waals surface area (Å²) in [6.45, 7) is 2.30. The second-order valence-corrected chi connectivity index (χ2v) is 7.24. The topological polar surface area (TPSA) is 50.4 Å². The molecule has 0 radical (unpaired) electrons. The van der Waals surface area contributed by atoms with Crippen LogP contribution in [0.25, 0.3) is 0 Å². The van der Waals surface area contributed by atoms with Crippen LogP contribution in [0, 0.1) is 0 Å². The van der Waals surface area contributed by atoms with Gasteiger partial charge in [-0.05, 0) is 83.1 Å². The van der Waals surface area contributed by atoms with Crippen molar-refractivity contribution < 1.29 is 9.53 Å². The lowest BCUT2D eigenvalue weighted by Gasteiger charge is -2.16. The number of hydrogen-bond donors (Lipinski definition) is 2. The summed E-state index contributed by atoms with van der Waals surface area (Å²) in [5.41, 5.74) is 4.75. The Hall–Kier alpha value is -1.85. The van der Waals surface area contributed by atoms with Crippen LogP contribution in [0.5, 0.6) is 5.75 Å². The molecule has 0 bridgehead atoms. The van der Waals surface area contributed by atoms with E-state index in [0.717, 1.165) is 34.3 Å². The van der Waals surface area contributed by atoms with E-state index in [1.54, 1.807) is 7.11 Å². The molecule has 1 atom stereocenters. The van der Waals surface area contributed by atoms with Crippen molar-refractivity contribution in [2.24, 2.45) is 0 Å². The molecule has 1 aliphatic rings. The molecule has 1 aliphatic carbocycles. The average Bonchev–Trinajstić information content (AvgIpc) is 3.07. The molecular weight excluding hydrogens is 380 g/mol. The van der Waals surface area contributed by atoms with Crippen molar-refractivity contribution >= 4 is 27.5 Å². The highest BCUT2D eigenvalue weighted by atomic mass is 79.9. The first-order chi connectivity index (χ1) is 12.1. The smallest absolute Gasteiger partial charge is 0.238 e. The minimum Gasteiger partial charge on any atom is -0.496 e. The van der Waals surface area contributed by atoms with Crippen LogP contribution >= 0.6 is 15.9 Å². The van der Waals surface area contributed by atoms with E-state index in [1.807, 2.05) is 31.2 Å². The molecule has 25 heavy (non-hydrogen) atoms. The molecular formula is C20H23BrN2O2. The molecule has 0 heterocycles. The third-order valence-corrected chi connectivity index (χ3v) is 5.25. The Balaban J connectivity index is 1.54. The molecule has 0 saturated carbocycles. The highest BCUT2D eigenvalue weighted by Gasteiger charge is 2.13. The monoisotopic (exact) mass is 402 g/mol. The number of fused-ring (bicyclic) bond motifs is 1. The van der Waals surface area contributed by atoms with Crippen molar-refractivity contribution in [3.8, 4) is 5.75 Å². The molecule has 2 N–H and O–H groups in total. The number of rotatable bonds is 6. The first-order valence-corrected chi connectivity index (χ1v) is 9.34. The summed E-state index contributed by atoms with van der Waals surface area (Å²) in [5.74, 6) is 0.766. The lowest BCUT2D eigenvalue weighted by molar-refractivity contribution is -0.115. The van der Waals surface area contributed by atoms with Crippen molar-refractivity contribution in [2.45, 2.75) is 32.2 Å². The normalized spacial score (nSPS) is 14.0. The summed E-state index contributed by atoms with van der Waals surface area (Å²) in [6, 6.07) is 12.2. The van der Waals surface area contributed by atoms with Gasteiger partial charge in [-0.15, -0.1) is 0 Å². The second kappa shape index (κ2) is 8.02. The van der Waals surface area contributed by atoms with E-state index < -0.39 is 0 Å². The van der Waals surface area contributed by atoms with Gasteiger partial charge < -0.3 is 15.4 Å². The largest absolute Gasteiger partial charge is 0.496 e. The molecule has 0 fully saturated rings. The van der Waals surface area contributed by atoms with E-state index in [-0.39, 0.29) is 18.5 Å². The molecule has 4 nitrogen and oxygen atoms in total. The van der Waals surface area contributed by atoms with Gasteiger partial charge in [0.2, 0.25) is 5.91 Å². The Morgan fingerprint density at radius 3 is 2.76 bits per heavy atom. The Morgan fingerprint density at radius 1 is 1.20 bits per heavy atom. The zero-order valence-electron chi connectivity index (χ0n) is 14.6. The molecule has 0 aromatic heterocycles. The molecule has 2 aromatic rings. The Kier molecular flexibility index (Phi) is 5.76. The quantitative estimate of drug-likeness (QED) is 0.759. The standard InChI is InChI=1S/C20H23BrN2O2/c1-13(15-7-9-19(25-2)18(21)11-15)22-12-20(24)23-17-8-6-14-4-3-5-16(14)10-17/h6-11,13,22H,3-5,12H2,1-2H3,(H,23,24)/t13-/m1/s1. The van der Waals surface area contributed by atoms with Gasteiger partial charge in [-0.1, -0.05) is 12.1 Å². The van der Waals surface area contributed by atoms with E-state index in [0.29, 0.717) is 0 Å². The number of ether oxygens (including phenoxy) is 1. The van der Waals surface area contributed by atoms with Crippen molar-refractivity contribution in [2.75, 3.05) is 19.0 Å². The van der Waals surface area contributed by atoms with Crippen molar-refractivity contribution in [3.63, 3.8) is 0 Å². The number of carbonyl (C=O) groups is 1. The van der Waals surface area contributed by atoms with E-state index in [4.69, 9.17) is 4.74 Å². The maximum atomic E-state index is 12.2. The number of aryl methyl sites for hydroxylation is 2. The fourth-order valence-corrected chi connectivity index (χ4v) is 3.73. The van der Waals surface area contributed by atoms with Gasteiger partial charge in [0, 0.05) is 11.7 Å². The average molecular weight is 403 g/mol. The first-order valence-electron chi connectivity index (χ1n) is 8.55. The maximum Gasteiger partial charge on any atom is 0.238 e. The van der Waals surface area contributed by atoms with Crippen molar-refractivity contribution in [3.05, 3.63) is 57.6 Å². The van der Waals surface area contributed by atoms with Gasteiger partial charge in [0.25, 0.3) is 0 Å². The van der Waals surface area contributed by atoms with Crippen LogP contribution in [0.3, 0.4) is 0 Å². The number of amides is 1. The maximum absolute atomic E-state index is 12.2. The highest BCUT2D eigenvalue weighted by Crippen LogP contribution is 2.28. The lowest BCUT2D eigenvalue weighted by Crippen LogP contribution is -2.30. The molecule has 1 amide bonds. The van der Waals surface area contributed by atoms with Crippen LogP contribution in [-0.2, 0) is 17.6 Å². The van der Waals surface area contributed by atoms with E-state index in [9.17, 15) is 4.79 Å². The zero-order chi connectivity index (χ0) is 17.8. The van der Waals surface area contributed by atoms with Crippen molar-refractivity contribution in [1.82, 2.24) is 5.32 Å². The van der Waals surface area contributed by atoms with Gasteiger partial charge in [0.15, 0.2) is 0 Å². The molecule has 0 unspecified atom stereocenters. The third-order valence-electron chi connectivity index (χ3n) is 4.63. The van der Waals surface area contributed by atoms with E-state index >= 15 is 0 Å². The zero-order valence-corrected chi connectivity index (χ0v) is 16.2. The Morgan fingerprint density at radius 2 is 2.00 bits per heavy atom. The lowest BCUT2D eigenvalue weighted by atomic mass is 10.1. The first kappa shape index (κ1) is 18.0. The number of methoxy groups -OCH3 is 1. The van der Waals surface area contributed by atoms with E-state index in [2.05, 4.69) is 38.7 Å². The van der Waals surface area contributed by atoms with Gasteiger partial charge in [0.05, 0.1) is 18.1 Å². The van der Waals surface area contributed by atoms with Gasteiger partial charge in [-0.25, -0.2) is 0 Å². The predicted octanol–water partition coefficient (Wildman–Crippen LogP) is 4.24. The molecule has 0 saturated heterocycles. The van der Waals surface area contributed by atoms with Gasteiger partial charge >= 0.3 is 0 Å². The van der Waals surface area contributed by atoms with Gasteiger partial charge in [-0.3, -0.25) is 4.79 Å². The molecule has 3 rings (SSSR count). The number of anilines is 1. The van der Waals surface area contributed by atoms with Crippen LogP contribution in [0.2, 0.25) is 0 Å². The van der Waals surface area contributed by atoms with Crippen LogP contribution in [0.15, 0.2) is 40.9 Å². The number of nitrogens with one attached hydrogen (secondary N) is 2. The van der Waals surface area contributed by atoms with Crippen LogP contribution in [0.1, 0.15) is 36.1 Å². The minimum atomic E-state index is -0.0302. The molecule has 5 heteroatoms. The number of benzene rings is 2. The van der Waals surface area contributed by atoms with Crippen molar-refractivity contribution in [1.29, 1.82) is 0 Å².